The molecule has 0 amide bonds. The van der Waals surface area contributed by atoms with Gasteiger partial charge in [-0.2, -0.15) is 0 Å². The highest BCUT2D eigenvalue weighted by Gasteiger charge is 2.06. The molecule has 0 spiro atoms. The highest BCUT2D eigenvalue weighted by atomic mass is 14.9. The molecule has 0 aliphatic carbocycles. The first-order valence-electron chi connectivity index (χ1n) is 5.90. The van der Waals surface area contributed by atoms with Crippen molar-refractivity contribution in [1.29, 1.82) is 0 Å². The van der Waals surface area contributed by atoms with E-state index >= 15 is 0 Å². The largest absolute Gasteiger partial charge is 0.310 e. The van der Waals surface area contributed by atoms with Crippen LogP contribution in [0.15, 0.2) is 24.3 Å². The van der Waals surface area contributed by atoms with Crippen LogP contribution in [0.2, 0.25) is 0 Å². The van der Waals surface area contributed by atoms with Crippen molar-refractivity contribution in [3.05, 3.63) is 35.4 Å². The maximum absolute atomic E-state index is 3.57. The Bertz CT molecular complexity index is 291. The third-order valence-corrected chi connectivity index (χ3v) is 2.83. The lowest BCUT2D eigenvalue weighted by molar-refractivity contribution is 0.496. The number of hydrogen-bond donors (Lipinski definition) is 1. The van der Waals surface area contributed by atoms with E-state index in [0.717, 1.165) is 12.5 Å². The van der Waals surface area contributed by atoms with Crippen LogP contribution < -0.4 is 5.32 Å². The molecule has 0 aromatic heterocycles. The predicted molar refractivity (Wildman–Crippen MR) is 67.1 cm³/mol. The van der Waals surface area contributed by atoms with Gasteiger partial charge in [-0.15, -0.1) is 0 Å². The molecule has 1 aromatic rings. The fourth-order valence-corrected chi connectivity index (χ4v) is 1.77. The van der Waals surface area contributed by atoms with E-state index in [0.29, 0.717) is 6.04 Å². The molecule has 0 radical (unpaired) electrons. The van der Waals surface area contributed by atoms with Gasteiger partial charge in [-0.3, -0.25) is 0 Å². The van der Waals surface area contributed by atoms with Gasteiger partial charge in [0.25, 0.3) is 0 Å². The molecule has 0 saturated carbocycles. The SMILES string of the molecule is Cc1ccccc1[C@H](C)NCCC(C)C. The summed E-state index contributed by atoms with van der Waals surface area (Å²) in [5.74, 6) is 0.779. The lowest BCUT2D eigenvalue weighted by Gasteiger charge is -2.17. The van der Waals surface area contributed by atoms with E-state index in [-0.39, 0.29) is 0 Å². The van der Waals surface area contributed by atoms with Gasteiger partial charge in [0, 0.05) is 6.04 Å². The maximum atomic E-state index is 3.57. The van der Waals surface area contributed by atoms with Crippen molar-refractivity contribution in [1.82, 2.24) is 5.32 Å². The summed E-state index contributed by atoms with van der Waals surface area (Å²) in [4.78, 5) is 0. The van der Waals surface area contributed by atoms with Crippen LogP contribution in [-0.4, -0.2) is 6.54 Å². The summed E-state index contributed by atoms with van der Waals surface area (Å²) in [6.07, 6.45) is 1.25. The van der Waals surface area contributed by atoms with Gasteiger partial charge in [-0.05, 0) is 43.9 Å². The molecule has 0 aliphatic rings. The quantitative estimate of drug-likeness (QED) is 0.773. The minimum atomic E-state index is 0.463. The van der Waals surface area contributed by atoms with Crippen LogP contribution in [0.25, 0.3) is 0 Å². The molecule has 1 heteroatoms. The molecular formula is C14H23N. The molecule has 0 bridgehead atoms. The van der Waals surface area contributed by atoms with E-state index in [1.54, 1.807) is 0 Å². The second kappa shape index (κ2) is 5.92. The Balaban J connectivity index is 2.47. The molecule has 1 atom stereocenters. The van der Waals surface area contributed by atoms with Gasteiger partial charge in [-0.25, -0.2) is 0 Å². The summed E-state index contributed by atoms with van der Waals surface area (Å²) in [6.45, 7) is 10.0. The Labute approximate surface area is 93.9 Å². The highest BCUT2D eigenvalue weighted by molar-refractivity contribution is 5.28. The molecule has 84 valence electrons. The van der Waals surface area contributed by atoms with Crippen molar-refractivity contribution in [2.75, 3.05) is 6.54 Å². The average molecular weight is 205 g/mol. The number of aryl methyl sites for hydroxylation is 1. The average Bonchev–Trinajstić information content (AvgIpc) is 2.17. The van der Waals surface area contributed by atoms with Crippen molar-refractivity contribution < 1.29 is 0 Å². The molecule has 1 aromatic carbocycles. The van der Waals surface area contributed by atoms with Crippen LogP contribution in [-0.2, 0) is 0 Å². The molecule has 15 heavy (non-hydrogen) atoms. The summed E-state index contributed by atoms with van der Waals surface area (Å²) in [5, 5.41) is 3.57. The Morgan fingerprint density at radius 3 is 2.40 bits per heavy atom. The zero-order chi connectivity index (χ0) is 11.3. The first kappa shape index (κ1) is 12.3. The molecular weight excluding hydrogens is 182 g/mol. The van der Waals surface area contributed by atoms with Crippen LogP contribution in [0.1, 0.15) is 44.4 Å². The zero-order valence-corrected chi connectivity index (χ0v) is 10.4. The Kier molecular flexibility index (Phi) is 4.83. The van der Waals surface area contributed by atoms with Crippen LogP contribution >= 0.6 is 0 Å². The monoisotopic (exact) mass is 205 g/mol. The minimum absolute atomic E-state index is 0.463. The van der Waals surface area contributed by atoms with Crippen LogP contribution in [0, 0.1) is 12.8 Å². The summed E-state index contributed by atoms with van der Waals surface area (Å²) in [7, 11) is 0. The van der Waals surface area contributed by atoms with Crippen LogP contribution in [0.5, 0.6) is 0 Å². The van der Waals surface area contributed by atoms with Crippen molar-refractivity contribution in [2.24, 2.45) is 5.92 Å². The third kappa shape index (κ3) is 4.05. The van der Waals surface area contributed by atoms with E-state index in [1.165, 1.54) is 17.5 Å². The van der Waals surface area contributed by atoms with E-state index in [4.69, 9.17) is 0 Å². The third-order valence-electron chi connectivity index (χ3n) is 2.83. The summed E-state index contributed by atoms with van der Waals surface area (Å²) in [5.41, 5.74) is 2.79. The van der Waals surface area contributed by atoms with Crippen molar-refractivity contribution in [3.63, 3.8) is 0 Å². The molecule has 0 heterocycles. The van der Waals surface area contributed by atoms with Gasteiger partial charge in [0.15, 0.2) is 0 Å². The fraction of sp³-hybridized carbons (Fsp3) is 0.571. The molecule has 1 nitrogen and oxygen atoms in total. The van der Waals surface area contributed by atoms with Crippen molar-refractivity contribution in [3.8, 4) is 0 Å². The van der Waals surface area contributed by atoms with Gasteiger partial charge in [0.1, 0.15) is 0 Å². The molecule has 1 rings (SSSR count). The first-order chi connectivity index (χ1) is 7.11. The van der Waals surface area contributed by atoms with E-state index in [1.807, 2.05) is 0 Å². The predicted octanol–water partition coefficient (Wildman–Crippen LogP) is 3.69. The number of benzene rings is 1. The minimum Gasteiger partial charge on any atom is -0.310 e. The Morgan fingerprint density at radius 1 is 1.13 bits per heavy atom. The second-order valence-electron chi connectivity index (χ2n) is 4.71. The lowest BCUT2D eigenvalue weighted by Crippen LogP contribution is -2.21. The van der Waals surface area contributed by atoms with Crippen LogP contribution in [0.4, 0.5) is 0 Å². The lowest BCUT2D eigenvalue weighted by atomic mass is 10.0. The summed E-state index contributed by atoms with van der Waals surface area (Å²) < 4.78 is 0. The van der Waals surface area contributed by atoms with Crippen molar-refractivity contribution in [2.45, 2.75) is 40.2 Å². The van der Waals surface area contributed by atoms with Gasteiger partial charge in [0.05, 0.1) is 0 Å². The summed E-state index contributed by atoms with van der Waals surface area (Å²) in [6, 6.07) is 9.06. The molecule has 0 fully saturated rings. The van der Waals surface area contributed by atoms with Crippen LogP contribution in [0.3, 0.4) is 0 Å². The van der Waals surface area contributed by atoms with Crippen molar-refractivity contribution >= 4 is 0 Å². The van der Waals surface area contributed by atoms with Gasteiger partial charge >= 0.3 is 0 Å². The molecule has 0 saturated heterocycles. The zero-order valence-electron chi connectivity index (χ0n) is 10.4. The Morgan fingerprint density at radius 2 is 1.80 bits per heavy atom. The molecule has 0 aliphatic heterocycles. The van der Waals surface area contributed by atoms with Gasteiger partial charge in [-0.1, -0.05) is 38.1 Å². The van der Waals surface area contributed by atoms with E-state index in [9.17, 15) is 0 Å². The number of hydrogen-bond acceptors (Lipinski definition) is 1. The van der Waals surface area contributed by atoms with E-state index in [2.05, 4.69) is 57.3 Å². The van der Waals surface area contributed by atoms with Gasteiger partial charge < -0.3 is 5.32 Å². The normalized spacial score (nSPS) is 13.1. The second-order valence-corrected chi connectivity index (χ2v) is 4.71. The topological polar surface area (TPSA) is 12.0 Å². The summed E-state index contributed by atoms with van der Waals surface area (Å²) >= 11 is 0. The maximum Gasteiger partial charge on any atom is 0.0294 e. The highest BCUT2D eigenvalue weighted by Crippen LogP contribution is 2.16. The standard InChI is InChI=1S/C14H23N/c1-11(2)9-10-15-13(4)14-8-6-5-7-12(14)3/h5-8,11,13,15H,9-10H2,1-4H3/t13-/m0/s1. The first-order valence-corrected chi connectivity index (χ1v) is 5.90. The Hall–Kier alpha value is -0.820. The number of nitrogens with one attached hydrogen (secondary N) is 1. The number of rotatable bonds is 5. The molecule has 1 N–H and O–H groups in total. The van der Waals surface area contributed by atoms with E-state index < -0.39 is 0 Å². The smallest absolute Gasteiger partial charge is 0.0294 e. The fourth-order valence-electron chi connectivity index (χ4n) is 1.77. The van der Waals surface area contributed by atoms with Gasteiger partial charge in [0.2, 0.25) is 0 Å². The molecule has 0 unspecified atom stereocenters.